The standard InChI is InChI=1S/C23H27N5O2/c1-30-13-7-12-26-15-27(18-9-3-2-4-10-18)23-25-21-20(22(29)28(23)16-26)19-11-6-5-8-17(19)14-24-21/h2-4,9-10,14H,5-8,11-13,15-16H2,1H3. The van der Waals surface area contributed by atoms with Gasteiger partial charge in [-0.05, 0) is 55.4 Å². The number of rotatable bonds is 5. The van der Waals surface area contributed by atoms with Crippen molar-refractivity contribution in [2.45, 2.75) is 38.8 Å². The number of anilines is 2. The molecule has 0 amide bonds. The molecule has 0 spiro atoms. The number of aryl methyl sites for hydroxylation is 2. The van der Waals surface area contributed by atoms with Crippen LogP contribution >= 0.6 is 0 Å². The zero-order valence-electron chi connectivity index (χ0n) is 17.4. The second kappa shape index (κ2) is 8.16. The maximum Gasteiger partial charge on any atom is 0.265 e. The molecule has 1 aliphatic carbocycles. The molecule has 0 saturated heterocycles. The number of hydrogen-bond donors (Lipinski definition) is 0. The van der Waals surface area contributed by atoms with E-state index in [1.165, 1.54) is 5.56 Å². The predicted molar refractivity (Wildman–Crippen MR) is 117 cm³/mol. The van der Waals surface area contributed by atoms with Gasteiger partial charge in [-0.2, -0.15) is 4.98 Å². The second-order valence-corrected chi connectivity index (χ2v) is 8.10. The maximum atomic E-state index is 13.7. The summed E-state index contributed by atoms with van der Waals surface area (Å²) in [6, 6.07) is 10.1. The molecule has 2 aromatic heterocycles. The molecule has 7 heteroatoms. The number of nitrogens with zero attached hydrogens (tertiary/aromatic N) is 5. The Labute approximate surface area is 175 Å². The lowest BCUT2D eigenvalue weighted by Crippen LogP contribution is -2.47. The van der Waals surface area contributed by atoms with Gasteiger partial charge in [0.1, 0.15) is 0 Å². The summed E-state index contributed by atoms with van der Waals surface area (Å²) in [6.07, 6.45) is 7.05. The fourth-order valence-corrected chi connectivity index (χ4v) is 4.61. The third kappa shape index (κ3) is 3.38. The number of ether oxygens (including phenoxy) is 1. The molecule has 0 atom stereocenters. The molecule has 0 bridgehead atoms. The molecule has 0 fully saturated rings. The number of hydrogen-bond acceptors (Lipinski definition) is 6. The van der Waals surface area contributed by atoms with Crippen LogP contribution in [0.5, 0.6) is 0 Å². The van der Waals surface area contributed by atoms with Crippen molar-refractivity contribution in [3.8, 4) is 0 Å². The Kier molecular flexibility index (Phi) is 5.23. The minimum atomic E-state index is 0.0265. The first-order valence-corrected chi connectivity index (χ1v) is 10.7. The summed E-state index contributed by atoms with van der Waals surface area (Å²) in [5, 5.41) is 0.711. The zero-order chi connectivity index (χ0) is 20.5. The summed E-state index contributed by atoms with van der Waals surface area (Å²) >= 11 is 0. The van der Waals surface area contributed by atoms with Gasteiger partial charge < -0.3 is 4.74 Å². The number of aromatic nitrogens is 3. The number of para-hydroxylation sites is 1. The van der Waals surface area contributed by atoms with E-state index in [1.807, 2.05) is 29.0 Å². The number of benzene rings is 1. The molecule has 156 valence electrons. The van der Waals surface area contributed by atoms with Crippen molar-refractivity contribution in [2.24, 2.45) is 0 Å². The van der Waals surface area contributed by atoms with Crippen molar-refractivity contribution in [3.63, 3.8) is 0 Å². The molecule has 1 aromatic carbocycles. The summed E-state index contributed by atoms with van der Waals surface area (Å²) < 4.78 is 7.05. The minimum Gasteiger partial charge on any atom is -0.385 e. The van der Waals surface area contributed by atoms with Crippen LogP contribution in [0, 0.1) is 0 Å². The lowest BCUT2D eigenvalue weighted by Gasteiger charge is -2.38. The summed E-state index contributed by atoms with van der Waals surface area (Å²) in [6.45, 7) is 2.77. The first kappa shape index (κ1) is 19.2. The summed E-state index contributed by atoms with van der Waals surface area (Å²) in [5.74, 6) is 0.671. The van der Waals surface area contributed by atoms with Crippen LogP contribution in [0.3, 0.4) is 0 Å². The molecule has 0 radical (unpaired) electrons. The summed E-state index contributed by atoms with van der Waals surface area (Å²) in [5.41, 5.74) is 3.98. The molecule has 0 unspecified atom stereocenters. The molecule has 7 nitrogen and oxygen atoms in total. The van der Waals surface area contributed by atoms with Gasteiger partial charge in [0.15, 0.2) is 5.65 Å². The Hall–Kier alpha value is -2.77. The summed E-state index contributed by atoms with van der Waals surface area (Å²) in [7, 11) is 1.72. The van der Waals surface area contributed by atoms with Crippen molar-refractivity contribution in [3.05, 3.63) is 58.0 Å². The van der Waals surface area contributed by atoms with Crippen LogP contribution in [-0.2, 0) is 24.2 Å². The highest BCUT2D eigenvalue weighted by atomic mass is 16.5. The van der Waals surface area contributed by atoms with Crippen LogP contribution in [0.15, 0.2) is 41.3 Å². The van der Waals surface area contributed by atoms with Crippen LogP contribution < -0.4 is 10.5 Å². The Morgan fingerprint density at radius 2 is 1.93 bits per heavy atom. The molecule has 3 aromatic rings. The smallest absolute Gasteiger partial charge is 0.265 e. The van der Waals surface area contributed by atoms with Crippen LogP contribution in [0.25, 0.3) is 11.0 Å². The number of pyridine rings is 1. The Morgan fingerprint density at radius 3 is 2.77 bits per heavy atom. The van der Waals surface area contributed by atoms with E-state index in [4.69, 9.17) is 9.72 Å². The lowest BCUT2D eigenvalue weighted by molar-refractivity contribution is 0.150. The largest absolute Gasteiger partial charge is 0.385 e. The summed E-state index contributed by atoms with van der Waals surface area (Å²) in [4.78, 5) is 27.6. The predicted octanol–water partition coefficient (Wildman–Crippen LogP) is 3.08. The van der Waals surface area contributed by atoms with Gasteiger partial charge in [-0.15, -0.1) is 0 Å². The van der Waals surface area contributed by atoms with Gasteiger partial charge in [-0.3, -0.25) is 19.2 Å². The van der Waals surface area contributed by atoms with Crippen LogP contribution in [0.2, 0.25) is 0 Å². The van der Waals surface area contributed by atoms with E-state index in [2.05, 4.69) is 26.9 Å². The first-order chi connectivity index (χ1) is 14.8. The number of methoxy groups -OCH3 is 1. The quantitative estimate of drug-likeness (QED) is 0.608. The van der Waals surface area contributed by atoms with Gasteiger partial charge in [0.2, 0.25) is 5.95 Å². The van der Waals surface area contributed by atoms with E-state index in [-0.39, 0.29) is 5.56 Å². The minimum absolute atomic E-state index is 0.0265. The average molecular weight is 406 g/mol. The maximum absolute atomic E-state index is 13.7. The molecule has 5 rings (SSSR count). The third-order valence-electron chi connectivity index (χ3n) is 6.10. The van der Waals surface area contributed by atoms with Crippen LogP contribution in [-0.4, -0.2) is 46.4 Å². The number of fused-ring (bicyclic) bond motifs is 4. The topological polar surface area (TPSA) is 63.5 Å². The first-order valence-electron chi connectivity index (χ1n) is 10.7. The van der Waals surface area contributed by atoms with Gasteiger partial charge in [0.05, 0.1) is 18.7 Å². The molecule has 3 heterocycles. The van der Waals surface area contributed by atoms with E-state index in [9.17, 15) is 4.79 Å². The SMILES string of the molecule is COCCCN1CN(c2ccccc2)c2nc3ncc4c(c3c(=O)n2C1)CCCC4. The molecular formula is C23H27N5O2. The second-order valence-electron chi connectivity index (χ2n) is 8.10. The molecule has 0 N–H and O–H groups in total. The lowest BCUT2D eigenvalue weighted by atomic mass is 9.91. The fourth-order valence-electron chi connectivity index (χ4n) is 4.61. The van der Waals surface area contributed by atoms with Crippen molar-refractivity contribution in [1.29, 1.82) is 0 Å². The molecule has 2 aliphatic rings. The zero-order valence-corrected chi connectivity index (χ0v) is 17.4. The molecule has 1 aliphatic heterocycles. The third-order valence-corrected chi connectivity index (χ3v) is 6.10. The van der Waals surface area contributed by atoms with Crippen molar-refractivity contribution in [1.82, 2.24) is 19.4 Å². The molecule has 0 saturated carbocycles. The van der Waals surface area contributed by atoms with Crippen molar-refractivity contribution in [2.75, 3.05) is 31.8 Å². The molecular weight excluding hydrogens is 378 g/mol. The highest BCUT2D eigenvalue weighted by Crippen LogP contribution is 2.30. The van der Waals surface area contributed by atoms with Crippen molar-refractivity contribution < 1.29 is 4.74 Å². The van der Waals surface area contributed by atoms with Crippen LogP contribution in [0.4, 0.5) is 11.6 Å². The Bertz CT molecular complexity index is 1110. The van der Waals surface area contributed by atoms with Crippen molar-refractivity contribution >= 4 is 22.7 Å². The highest BCUT2D eigenvalue weighted by molar-refractivity contribution is 5.81. The van der Waals surface area contributed by atoms with Gasteiger partial charge in [0.25, 0.3) is 5.56 Å². The van der Waals surface area contributed by atoms with E-state index < -0.39 is 0 Å². The van der Waals surface area contributed by atoms with Gasteiger partial charge in [-0.25, -0.2) is 4.98 Å². The fraction of sp³-hybridized carbons (Fsp3) is 0.435. The van der Waals surface area contributed by atoms with E-state index in [1.54, 1.807) is 7.11 Å². The normalized spacial score (nSPS) is 16.5. The van der Waals surface area contributed by atoms with Gasteiger partial charge in [-0.1, -0.05) is 18.2 Å². The highest BCUT2D eigenvalue weighted by Gasteiger charge is 2.28. The van der Waals surface area contributed by atoms with E-state index in [0.29, 0.717) is 36.9 Å². The van der Waals surface area contributed by atoms with Gasteiger partial charge in [0, 0.05) is 32.1 Å². The van der Waals surface area contributed by atoms with Crippen LogP contribution in [0.1, 0.15) is 30.4 Å². The van der Waals surface area contributed by atoms with E-state index >= 15 is 0 Å². The Balaban J connectivity index is 1.65. The monoisotopic (exact) mass is 405 g/mol. The van der Waals surface area contributed by atoms with Gasteiger partial charge >= 0.3 is 0 Å². The molecule has 30 heavy (non-hydrogen) atoms. The average Bonchev–Trinajstić information content (AvgIpc) is 2.79. The Morgan fingerprint density at radius 1 is 1.10 bits per heavy atom. The van der Waals surface area contributed by atoms with E-state index in [0.717, 1.165) is 49.9 Å².